The second-order valence-electron chi connectivity index (χ2n) is 4.99. The van der Waals surface area contributed by atoms with Crippen LogP contribution < -0.4 is 10.1 Å². The fourth-order valence-electron chi connectivity index (χ4n) is 2.08. The molecule has 0 aliphatic carbocycles. The molecular weight excluding hydrogens is 311 g/mol. The summed E-state index contributed by atoms with van der Waals surface area (Å²) in [4.78, 5) is 12.2. The molecule has 0 spiro atoms. The highest BCUT2D eigenvalue weighted by atomic mass is 19.1. The van der Waals surface area contributed by atoms with E-state index in [1.54, 1.807) is 25.1 Å². The number of nitrogens with zero attached hydrogens (tertiary/aromatic N) is 1. The molecule has 0 saturated heterocycles. The number of nitrogens with one attached hydrogen (secondary N) is 1. The SMILES string of the molecule is COc1cc(/C=C(\C#N)C(=O)Nc2ccccc2F)cc(C)c1O. The van der Waals surface area contributed by atoms with Crippen LogP contribution in [0.25, 0.3) is 6.08 Å². The molecule has 0 aliphatic heterocycles. The fraction of sp³-hybridized carbons (Fsp3) is 0.111. The highest BCUT2D eigenvalue weighted by Crippen LogP contribution is 2.31. The van der Waals surface area contributed by atoms with Gasteiger partial charge >= 0.3 is 0 Å². The van der Waals surface area contributed by atoms with Crippen LogP contribution in [0.4, 0.5) is 10.1 Å². The zero-order valence-electron chi connectivity index (χ0n) is 13.1. The van der Waals surface area contributed by atoms with Gasteiger partial charge in [0.1, 0.15) is 17.5 Å². The maximum atomic E-state index is 13.6. The standard InChI is InChI=1S/C18H15FN2O3/c1-11-7-12(9-16(24-2)17(11)22)8-13(10-20)18(23)21-15-6-4-3-5-14(15)19/h3-9,22H,1-2H3,(H,21,23)/b13-8+. The Labute approximate surface area is 138 Å². The molecule has 0 aromatic heterocycles. The van der Waals surface area contributed by atoms with Gasteiger partial charge in [-0.3, -0.25) is 4.79 Å². The van der Waals surface area contributed by atoms with Crippen molar-refractivity contribution in [3.8, 4) is 17.6 Å². The third kappa shape index (κ3) is 3.70. The lowest BCUT2D eigenvalue weighted by Crippen LogP contribution is -2.14. The van der Waals surface area contributed by atoms with E-state index >= 15 is 0 Å². The van der Waals surface area contributed by atoms with Gasteiger partial charge < -0.3 is 15.2 Å². The van der Waals surface area contributed by atoms with Gasteiger partial charge in [-0.1, -0.05) is 12.1 Å². The summed E-state index contributed by atoms with van der Waals surface area (Å²) in [5, 5.41) is 21.4. The molecule has 2 N–H and O–H groups in total. The average Bonchev–Trinajstić information content (AvgIpc) is 2.57. The Bertz CT molecular complexity index is 854. The fourth-order valence-corrected chi connectivity index (χ4v) is 2.08. The molecule has 6 heteroatoms. The van der Waals surface area contributed by atoms with Crippen LogP contribution in [0.3, 0.4) is 0 Å². The number of carbonyl (C=O) groups excluding carboxylic acids is 1. The molecule has 0 aliphatic rings. The molecule has 2 aromatic rings. The summed E-state index contributed by atoms with van der Waals surface area (Å²) >= 11 is 0. The number of ether oxygens (including phenoxy) is 1. The van der Waals surface area contributed by atoms with E-state index in [9.17, 15) is 19.6 Å². The molecule has 2 aromatic carbocycles. The Balaban J connectivity index is 2.33. The van der Waals surface area contributed by atoms with Crippen molar-refractivity contribution in [2.24, 2.45) is 0 Å². The number of anilines is 1. The number of halogens is 1. The maximum absolute atomic E-state index is 13.6. The third-order valence-corrected chi connectivity index (χ3v) is 3.31. The number of aromatic hydroxyl groups is 1. The predicted octanol–water partition coefficient (Wildman–Crippen LogP) is 3.39. The summed E-state index contributed by atoms with van der Waals surface area (Å²) in [5.41, 5.74) is 0.822. The molecular formula is C18H15FN2O3. The summed E-state index contributed by atoms with van der Waals surface area (Å²) < 4.78 is 18.6. The smallest absolute Gasteiger partial charge is 0.266 e. The number of aryl methyl sites for hydroxylation is 1. The molecule has 2 rings (SSSR count). The van der Waals surface area contributed by atoms with Crippen LogP contribution in [0.2, 0.25) is 0 Å². The van der Waals surface area contributed by atoms with E-state index < -0.39 is 11.7 Å². The van der Waals surface area contributed by atoms with Crippen molar-refractivity contribution in [3.05, 3.63) is 58.9 Å². The topological polar surface area (TPSA) is 82.3 Å². The number of rotatable bonds is 4. The van der Waals surface area contributed by atoms with Crippen LogP contribution in [0.5, 0.6) is 11.5 Å². The lowest BCUT2D eigenvalue weighted by molar-refractivity contribution is -0.112. The van der Waals surface area contributed by atoms with E-state index in [1.165, 1.54) is 37.5 Å². The van der Waals surface area contributed by atoms with Crippen molar-refractivity contribution < 1.29 is 19.0 Å². The number of para-hydroxylation sites is 1. The van der Waals surface area contributed by atoms with E-state index in [1.807, 2.05) is 0 Å². The predicted molar refractivity (Wildman–Crippen MR) is 88.0 cm³/mol. The van der Waals surface area contributed by atoms with Crippen LogP contribution in [0, 0.1) is 24.1 Å². The number of amides is 1. The molecule has 1 amide bonds. The minimum atomic E-state index is -0.729. The van der Waals surface area contributed by atoms with Crippen molar-refractivity contribution in [3.63, 3.8) is 0 Å². The Hall–Kier alpha value is -3.33. The van der Waals surface area contributed by atoms with Crippen LogP contribution in [0.15, 0.2) is 42.0 Å². The van der Waals surface area contributed by atoms with Crippen molar-refractivity contribution in [1.29, 1.82) is 5.26 Å². The highest BCUT2D eigenvalue weighted by molar-refractivity contribution is 6.09. The van der Waals surface area contributed by atoms with Crippen molar-refractivity contribution in [2.45, 2.75) is 6.92 Å². The number of nitriles is 1. The quantitative estimate of drug-likeness (QED) is 0.666. The van der Waals surface area contributed by atoms with Gasteiger partial charge in [-0.15, -0.1) is 0 Å². The van der Waals surface area contributed by atoms with Crippen LogP contribution in [-0.2, 0) is 4.79 Å². The Morgan fingerprint density at radius 3 is 2.71 bits per heavy atom. The monoisotopic (exact) mass is 326 g/mol. The Morgan fingerprint density at radius 2 is 2.08 bits per heavy atom. The second kappa shape index (κ2) is 7.29. The molecule has 0 radical (unpaired) electrons. The van der Waals surface area contributed by atoms with Gasteiger partial charge in [0.05, 0.1) is 12.8 Å². The Kier molecular flexibility index (Phi) is 5.17. The van der Waals surface area contributed by atoms with Crippen LogP contribution in [-0.4, -0.2) is 18.1 Å². The van der Waals surface area contributed by atoms with Gasteiger partial charge in [-0.05, 0) is 48.4 Å². The molecule has 24 heavy (non-hydrogen) atoms. The number of benzene rings is 2. The third-order valence-electron chi connectivity index (χ3n) is 3.31. The van der Waals surface area contributed by atoms with E-state index in [0.29, 0.717) is 11.1 Å². The zero-order valence-corrected chi connectivity index (χ0v) is 13.1. The van der Waals surface area contributed by atoms with Crippen molar-refractivity contribution in [2.75, 3.05) is 12.4 Å². The molecule has 0 fully saturated rings. The van der Waals surface area contributed by atoms with Crippen LogP contribution >= 0.6 is 0 Å². The van der Waals surface area contributed by atoms with E-state index in [-0.39, 0.29) is 22.8 Å². The van der Waals surface area contributed by atoms with Gasteiger partial charge in [0.25, 0.3) is 5.91 Å². The normalized spacial score (nSPS) is 10.8. The first-order chi connectivity index (χ1) is 11.5. The number of hydrogen-bond donors (Lipinski definition) is 2. The molecule has 0 unspecified atom stereocenters. The number of phenolic OH excluding ortho intramolecular Hbond substituents is 1. The summed E-state index contributed by atoms with van der Waals surface area (Å²) in [6.45, 7) is 1.67. The van der Waals surface area contributed by atoms with E-state index in [2.05, 4.69) is 5.32 Å². The van der Waals surface area contributed by atoms with Gasteiger partial charge in [0.2, 0.25) is 0 Å². The molecule has 0 saturated carbocycles. The van der Waals surface area contributed by atoms with Crippen LogP contribution in [0.1, 0.15) is 11.1 Å². The number of phenols is 1. The molecule has 0 bridgehead atoms. The summed E-state index contributed by atoms with van der Waals surface area (Å²) in [6, 6.07) is 10.6. The Morgan fingerprint density at radius 1 is 1.38 bits per heavy atom. The summed E-state index contributed by atoms with van der Waals surface area (Å²) in [7, 11) is 1.40. The lowest BCUT2D eigenvalue weighted by atomic mass is 10.1. The number of carbonyl (C=O) groups is 1. The molecule has 0 heterocycles. The molecule has 122 valence electrons. The summed E-state index contributed by atoms with van der Waals surface area (Å²) in [6.07, 6.45) is 1.34. The maximum Gasteiger partial charge on any atom is 0.266 e. The highest BCUT2D eigenvalue weighted by Gasteiger charge is 2.13. The first-order valence-corrected chi connectivity index (χ1v) is 7.01. The van der Waals surface area contributed by atoms with Gasteiger partial charge in [-0.25, -0.2) is 4.39 Å². The zero-order chi connectivity index (χ0) is 17.7. The van der Waals surface area contributed by atoms with E-state index in [0.717, 1.165) is 0 Å². The minimum Gasteiger partial charge on any atom is -0.504 e. The lowest BCUT2D eigenvalue weighted by Gasteiger charge is -2.08. The first-order valence-electron chi connectivity index (χ1n) is 7.01. The van der Waals surface area contributed by atoms with Crippen molar-refractivity contribution >= 4 is 17.7 Å². The molecule has 5 nitrogen and oxygen atoms in total. The molecule has 0 atom stereocenters. The van der Waals surface area contributed by atoms with Crippen molar-refractivity contribution in [1.82, 2.24) is 0 Å². The van der Waals surface area contributed by atoms with Gasteiger partial charge in [0.15, 0.2) is 11.5 Å². The van der Waals surface area contributed by atoms with Gasteiger partial charge in [-0.2, -0.15) is 5.26 Å². The number of methoxy groups -OCH3 is 1. The summed E-state index contributed by atoms with van der Waals surface area (Å²) in [5.74, 6) is -1.10. The first kappa shape index (κ1) is 17.0. The number of hydrogen-bond acceptors (Lipinski definition) is 4. The van der Waals surface area contributed by atoms with Gasteiger partial charge in [0, 0.05) is 0 Å². The van der Waals surface area contributed by atoms with E-state index in [4.69, 9.17) is 4.74 Å². The second-order valence-corrected chi connectivity index (χ2v) is 4.99. The average molecular weight is 326 g/mol. The largest absolute Gasteiger partial charge is 0.504 e. The minimum absolute atomic E-state index is 0.0102.